The molecule has 1 aromatic heterocycles. The average molecular weight is 387 g/mol. The van der Waals surface area contributed by atoms with Gasteiger partial charge in [0.05, 0.1) is 12.1 Å². The topological polar surface area (TPSA) is 86.6 Å². The molecule has 2 aromatic rings. The van der Waals surface area contributed by atoms with E-state index < -0.39 is 11.6 Å². The molecular weight excluding hydrogens is 364 g/mol. The van der Waals surface area contributed by atoms with Crippen LogP contribution in [-0.2, 0) is 10.3 Å². The van der Waals surface area contributed by atoms with Gasteiger partial charge in [0.15, 0.2) is 0 Å². The number of halogens is 1. The molecule has 0 saturated carbocycles. The van der Waals surface area contributed by atoms with Crippen molar-refractivity contribution in [3.05, 3.63) is 53.9 Å². The molecule has 6 nitrogen and oxygen atoms in total. The highest BCUT2D eigenvalue weighted by molar-refractivity contribution is 6.08. The van der Waals surface area contributed by atoms with Crippen molar-refractivity contribution in [1.82, 2.24) is 15.6 Å². The minimum atomic E-state index is -0.882. The summed E-state index contributed by atoms with van der Waals surface area (Å²) in [5, 5.41) is 16.2. The molecule has 1 saturated heterocycles. The molecule has 7 heteroatoms. The molecule has 2 aliphatic heterocycles. The van der Waals surface area contributed by atoms with Gasteiger partial charge in [0.25, 0.3) is 5.91 Å². The second-order valence-corrected chi connectivity index (χ2v) is 7.12. The van der Waals surface area contributed by atoms with E-state index in [1.165, 1.54) is 0 Å². The Balaban J connectivity index is 0.00000210. The van der Waals surface area contributed by atoms with Crippen molar-refractivity contribution in [2.75, 3.05) is 6.54 Å². The number of aliphatic hydroxyl groups is 1. The van der Waals surface area contributed by atoms with Crippen LogP contribution in [0.15, 0.2) is 47.6 Å². The molecule has 3 N–H and O–H groups in total. The third-order valence-corrected chi connectivity index (χ3v) is 5.25. The summed E-state index contributed by atoms with van der Waals surface area (Å²) < 4.78 is 0. The molecule has 1 fully saturated rings. The zero-order chi connectivity index (χ0) is 18.3. The monoisotopic (exact) mass is 386 g/mol. The number of carbonyl (C=O) groups is 1. The SMILES string of the molecule is Cc1ncccc1-c1ccc(C2(C)NC(C3C[C@@H](O)CN3)=NC2=O)cc1.Cl. The highest BCUT2D eigenvalue weighted by atomic mass is 35.5. The minimum Gasteiger partial charge on any atom is -0.392 e. The Labute approximate surface area is 164 Å². The molecule has 0 radical (unpaired) electrons. The van der Waals surface area contributed by atoms with Crippen LogP contribution in [0, 0.1) is 6.92 Å². The van der Waals surface area contributed by atoms with Gasteiger partial charge in [-0.2, -0.15) is 4.99 Å². The van der Waals surface area contributed by atoms with Crippen molar-refractivity contribution < 1.29 is 9.90 Å². The molecule has 1 amide bonds. The summed E-state index contributed by atoms with van der Waals surface area (Å²) in [6.07, 6.45) is 1.95. The summed E-state index contributed by atoms with van der Waals surface area (Å²) in [6, 6.07) is 11.8. The van der Waals surface area contributed by atoms with Gasteiger partial charge >= 0.3 is 0 Å². The van der Waals surface area contributed by atoms with Crippen molar-refractivity contribution in [2.24, 2.45) is 4.99 Å². The van der Waals surface area contributed by atoms with Crippen LogP contribution in [-0.4, -0.2) is 40.5 Å². The quantitative estimate of drug-likeness (QED) is 0.750. The maximum Gasteiger partial charge on any atom is 0.277 e. The lowest BCUT2D eigenvalue weighted by atomic mass is 9.90. The third-order valence-electron chi connectivity index (χ3n) is 5.25. The minimum absolute atomic E-state index is 0. The average Bonchev–Trinajstić information content (AvgIpc) is 3.20. The number of carbonyl (C=O) groups excluding carboxylic acids is 1. The van der Waals surface area contributed by atoms with Crippen LogP contribution in [0.1, 0.15) is 24.6 Å². The number of nitrogens with zero attached hydrogens (tertiary/aromatic N) is 2. The summed E-state index contributed by atoms with van der Waals surface area (Å²) in [4.78, 5) is 21.1. The van der Waals surface area contributed by atoms with E-state index in [2.05, 4.69) is 20.6 Å². The van der Waals surface area contributed by atoms with Crippen molar-refractivity contribution in [3.8, 4) is 11.1 Å². The van der Waals surface area contributed by atoms with Crippen LogP contribution in [0.3, 0.4) is 0 Å². The van der Waals surface area contributed by atoms with Crippen LogP contribution in [0.5, 0.6) is 0 Å². The largest absolute Gasteiger partial charge is 0.392 e. The Morgan fingerprint density at radius 2 is 1.96 bits per heavy atom. The summed E-state index contributed by atoms with van der Waals surface area (Å²) in [5.41, 5.74) is 3.10. The maximum atomic E-state index is 12.6. The third kappa shape index (κ3) is 3.48. The second kappa shape index (κ2) is 7.38. The summed E-state index contributed by atoms with van der Waals surface area (Å²) in [6.45, 7) is 4.35. The first-order valence-corrected chi connectivity index (χ1v) is 8.82. The number of hydrogen-bond acceptors (Lipinski definition) is 5. The van der Waals surface area contributed by atoms with Gasteiger partial charge in [0.2, 0.25) is 0 Å². The van der Waals surface area contributed by atoms with Crippen molar-refractivity contribution in [1.29, 1.82) is 0 Å². The number of amidine groups is 1. The molecule has 4 rings (SSSR count). The smallest absolute Gasteiger partial charge is 0.277 e. The number of aliphatic hydroxyl groups excluding tert-OH is 1. The summed E-state index contributed by atoms with van der Waals surface area (Å²) >= 11 is 0. The van der Waals surface area contributed by atoms with Gasteiger partial charge in [-0.25, -0.2) is 0 Å². The Morgan fingerprint density at radius 1 is 1.22 bits per heavy atom. The first-order chi connectivity index (χ1) is 12.5. The van der Waals surface area contributed by atoms with E-state index in [1.54, 1.807) is 6.20 Å². The number of aliphatic imine (C=N–C) groups is 1. The zero-order valence-corrected chi connectivity index (χ0v) is 16.1. The predicted molar refractivity (Wildman–Crippen MR) is 107 cm³/mol. The van der Waals surface area contributed by atoms with E-state index in [0.717, 1.165) is 22.4 Å². The number of benzene rings is 1. The van der Waals surface area contributed by atoms with E-state index in [0.29, 0.717) is 18.8 Å². The molecule has 1 aromatic carbocycles. The Kier molecular flexibility index (Phi) is 5.33. The molecule has 2 unspecified atom stereocenters. The van der Waals surface area contributed by atoms with Crippen molar-refractivity contribution >= 4 is 24.1 Å². The Bertz CT molecular complexity index is 884. The van der Waals surface area contributed by atoms with Crippen LogP contribution in [0.25, 0.3) is 11.1 Å². The fourth-order valence-corrected chi connectivity index (χ4v) is 3.62. The lowest BCUT2D eigenvalue weighted by Gasteiger charge is -2.25. The van der Waals surface area contributed by atoms with Gasteiger partial charge in [-0.3, -0.25) is 9.78 Å². The summed E-state index contributed by atoms with van der Waals surface area (Å²) in [5.74, 6) is 0.405. The number of β-amino-alcohol motifs (C(OH)–C–C–N with tert-alkyl or cyclic N) is 1. The van der Waals surface area contributed by atoms with Crippen LogP contribution in [0.2, 0.25) is 0 Å². The van der Waals surface area contributed by atoms with Crippen molar-refractivity contribution in [3.63, 3.8) is 0 Å². The van der Waals surface area contributed by atoms with Crippen LogP contribution >= 0.6 is 12.4 Å². The van der Waals surface area contributed by atoms with E-state index >= 15 is 0 Å². The van der Waals surface area contributed by atoms with Gasteiger partial charge in [-0.05, 0) is 37.5 Å². The predicted octanol–water partition coefficient (Wildman–Crippen LogP) is 1.95. The van der Waals surface area contributed by atoms with Crippen LogP contribution in [0.4, 0.5) is 0 Å². The molecule has 27 heavy (non-hydrogen) atoms. The number of hydrogen-bond donors (Lipinski definition) is 3. The molecule has 3 heterocycles. The van der Waals surface area contributed by atoms with Gasteiger partial charge in [-0.15, -0.1) is 12.4 Å². The number of rotatable bonds is 3. The van der Waals surface area contributed by atoms with Crippen LogP contribution < -0.4 is 10.6 Å². The number of amides is 1. The summed E-state index contributed by atoms with van der Waals surface area (Å²) in [7, 11) is 0. The lowest BCUT2D eigenvalue weighted by molar-refractivity contribution is -0.122. The molecule has 142 valence electrons. The second-order valence-electron chi connectivity index (χ2n) is 7.12. The Hall–Kier alpha value is -2.28. The van der Waals surface area contributed by atoms with Gasteiger partial charge < -0.3 is 15.7 Å². The fourth-order valence-electron chi connectivity index (χ4n) is 3.62. The first-order valence-electron chi connectivity index (χ1n) is 8.82. The Morgan fingerprint density at radius 3 is 2.59 bits per heavy atom. The molecular formula is C20H23ClN4O2. The standard InChI is InChI=1S/C20H22N4O2.ClH/c1-12-16(4-3-9-21-12)13-5-7-14(8-6-13)20(2)19(26)23-18(24-20)17-10-15(25)11-22-17;/h3-9,15,17,22,25H,10-11H2,1-2H3,(H,23,24,26);1H/t15-,17?,20?;/m1./s1. The lowest BCUT2D eigenvalue weighted by Crippen LogP contribution is -2.47. The van der Waals surface area contributed by atoms with E-state index in [9.17, 15) is 9.90 Å². The number of aryl methyl sites for hydroxylation is 1. The van der Waals surface area contributed by atoms with E-state index in [4.69, 9.17) is 0 Å². The maximum absolute atomic E-state index is 12.6. The number of pyridine rings is 1. The van der Waals surface area contributed by atoms with Gasteiger partial charge in [-0.1, -0.05) is 30.3 Å². The number of nitrogens with one attached hydrogen (secondary N) is 2. The molecule has 0 spiro atoms. The van der Waals surface area contributed by atoms with Crippen molar-refractivity contribution in [2.45, 2.75) is 38.0 Å². The first kappa shape index (κ1) is 19.5. The van der Waals surface area contributed by atoms with E-state index in [-0.39, 0.29) is 24.4 Å². The van der Waals surface area contributed by atoms with Gasteiger partial charge in [0.1, 0.15) is 11.4 Å². The zero-order valence-electron chi connectivity index (χ0n) is 15.3. The highest BCUT2D eigenvalue weighted by Gasteiger charge is 2.43. The van der Waals surface area contributed by atoms with Gasteiger partial charge in [0, 0.05) is 24.0 Å². The molecule has 0 bridgehead atoms. The number of aromatic nitrogens is 1. The molecule has 0 aliphatic carbocycles. The molecule has 2 aliphatic rings. The fraction of sp³-hybridized carbons (Fsp3) is 0.350. The molecule has 3 atom stereocenters. The normalized spacial score (nSPS) is 27.1. The van der Waals surface area contributed by atoms with E-state index in [1.807, 2.05) is 50.2 Å². The highest BCUT2D eigenvalue weighted by Crippen LogP contribution is 2.30.